The molecule has 0 atom stereocenters. The molecule has 0 radical (unpaired) electrons. The highest BCUT2D eigenvalue weighted by Gasteiger charge is 2.35. The Morgan fingerprint density at radius 2 is 0.921 bits per heavy atom. The molecule has 63 heavy (non-hydrogen) atoms. The smallest absolute Gasteiger partial charge is 0.164 e. The van der Waals surface area contributed by atoms with Gasteiger partial charge in [0.15, 0.2) is 23.1 Å². The molecule has 0 amide bonds. The largest absolute Gasteiger partial charge is 0.454 e. The van der Waals surface area contributed by atoms with Gasteiger partial charge in [0, 0.05) is 49.5 Å². The highest BCUT2D eigenvalue weighted by Crippen LogP contribution is 2.49. The molecule has 0 unspecified atom stereocenters. The van der Waals surface area contributed by atoms with Gasteiger partial charge in [0.2, 0.25) is 0 Å². The van der Waals surface area contributed by atoms with Crippen LogP contribution in [0, 0.1) is 0 Å². The Kier molecular flexibility index (Phi) is 8.74. The Hall–Kier alpha value is -6.20. The van der Waals surface area contributed by atoms with Crippen LogP contribution in [0.2, 0.25) is 0 Å². The molecule has 7 aromatic carbocycles. The van der Waals surface area contributed by atoms with Crippen LogP contribution in [0.4, 0.5) is 0 Å². The van der Waals surface area contributed by atoms with Crippen molar-refractivity contribution in [2.45, 2.75) is 19.3 Å². The van der Waals surface area contributed by atoms with E-state index in [1.165, 1.54) is 104 Å². The van der Waals surface area contributed by atoms with Gasteiger partial charge in [-0.05, 0) is 45.8 Å². The maximum absolute atomic E-state index is 7.24. The van der Waals surface area contributed by atoms with E-state index < -0.39 is 0 Å². The van der Waals surface area contributed by atoms with Gasteiger partial charge in [0.1, 0.15) is 84.0 Å². The lowest BCUT2D eigenvalue weighted by Crippen LogP contribution is -2.48. The molecule has 0 saturated heterocycles. The molecule has 5 nitrogen and oxygen atoms in total. The highest BCUT2D eigenvalue weighted by molar-refractivity contribution is 6.71. The molecule has 0 bridgehead atoms. The van der Waals surface area contributed by atoms with Crippen molar-refractivity contribution < 1.29 is 4.42 Å². The summed E-state index contributed by atoms with van der Waals surface area (Å²) in [7, 11) is 22.6. The molecule has 0 saturated carbocycles. The van der Waals surface area contributed by atoms with E-state index in [0.29, 0.717) is 17.5 Å². The molecule has 15 heteroatoms. The van der Waals surface area contributed by atoms with Crippen molar-refractivity contribution in [3.63, 3.8) is 0 Å². The number of furan rings is 1. The number of fused-ring (bicyclic) bond motifs is 10. The van der Waals surface area contributed by atoms with E-state index in [0.717, 1.165) is 39.1 Å². The zero-order valence-corrected chi connectivity index (χ0v) is 38.4. The fourth-order valence-corrected chi connectivity index (χ4v) is 10.9. The first kappa shape index (κ1) is 39.6. The molecule has 0 N–H and O–H groups in total. The second kappa shape index (κ2) is 13.9. The summed E-state index contributed by atoms with van der Waals surface area (Å²) in [5.74, 6) is 1.92. The van der Waals surface area contributed by atoms with Crippen LogP contribution in [-0.2, 0) is 5.41 Å². The lowest BCUT2D eigenvalue weighted by atomic mass is 9.64. The van der Waals surface area contributed by atoms with Gasteiger partial charge in [-0.2, -0.15) is 0 Å². The Morgan fingerprint density at radius 3 is 1.63 bits per heavy atom. The minimum atomic E-state index is -0.152. The quantitative estimate of drug-likeness (QED) is 0.167. The number of aromatic nitrogens is 4. The molecular weight excluding hydrogens is 757 g/mol. The van der Waals surface area contributed by atoms with Crippen LogP contribution in [0.15, 0.2) is 101 Å². The van der Waals surface area contributed by atoms with E-state index in [2.05, 4.69) is 176 Å². The average molecular weight is 799 g/mol. The van der Waals surface area contributed by atoms with Gasteiger partial charge >= 0.3 is 0 Å². The summed E-state index contributed by atoms with van der Waals surface area (Å²) in [5, 5.41) is 4.97. The first-order valence-corrected chi connectivity index (χ1v) is 22.2. The van der Waals surface area contributed by atoms with Crippen LogP contribution in [-0.4, -0.2) is 98.0 Å². The Morgan fingerprint density at radius 1 is 0.413 bits per heavy atom. The van der Waals surface area contributed by atoms with Crippen molar-refractivity contribution in [3.05, 3.63) is 108 Å². The van der Waals surface area contributed by atoms with E-state index in [4.69, 9.17) is 19.4 Å². The fraction of sp³-hybridized carbons (Fsp3) is 0.0625. The summed E-state index contributed by atoms with van der Waals surface area (Å²) in [6, 6.07) is 34.5. The molecule has 3 heterocycles. The van der Waals surface area contributed by atoms with Gasteiger partial charge in [-0.1, -0.05) is 136 Å². The molecule has 0 spiro atoms. The number of hydrogen-bond donors (Lipinski definition) is 0. The summed E-state index contributed by atoms with van der Waals surface area (Å²) in [6.07, 6.45) is 0. The summed E-state index contributed by atoms with van der Waals surface area (Å²) < 4.78 is 9.72. The Labute approximate surface area is 377 Å². The van der Waals surface area contributed by atoms with Crippen molar-refractivity contribution in [1.29, 1.82) is 0 Å². The van der Waals surface area contributed by atoms with Crippen molar-refractivity contribution >= 4 is 177 Å². The molecule has 3 aromatic heterocycles. The molecular formula is C48H42B10N4O. The number of rotatable bonds is 4. The van der Waals surface area contributed by atoms with E-state index >= 15 is 0 Å². The van der Waals surface area contributed by atoms with Crippen LogP contribution < -0.4 is 54.6 Å². The zero-order chi connectivity index (χ0) is 44.0. The summed E-state index contributed by atoms with van der Waals surface area (Å²) >= 11 is 0. The molecule has 11 rings (SSSR count). The van der Waals surface area contributed by atoms with Crippen molar-refractivity contribution in [2.75, 3.05) is 0 Å². The van der Waals surface area contributed by atoms with Gasteiger partial charge < -0.3 is 8.98 Å². The van der Waals surface area contributed by atoms with Gasteiger partial charge in [0.25, 0.3) is 0 Å². The second-order valence-electron chi connectivity index (χ2n) is 18.7. The SMILES string of the molecule is Bc1c(B)c(B)c2c(oc3c2c(B)c(B)c2c4c(B)c(B)c(B)c(B)c4n(-c4cccc(-c5nc(-c6ccccc6)nc(-c6ccc7c(c6)C(C)(C)c6ccccc6-7)n5)c4)c32)c1B. The number of hydrogen-bond acceptors (Lipinski definition) is 4. The summed E-state index contributed by atoms with van der Waals surface area (Å²) in [6.45, 7) is 4.63. The lowest BCUT2D eigenvalue weighted by molar-refractivity contribution is 0.660. The minimum Gasteiger partial charge on any atom is -0.454 e. The lowest BCUT2D eigenvalue weighted by Gasteiger charge is -2.21. The third-order valence-electron chi connectivity index (χ3n) is 15.3. The molecule has 290 valence electrons. The topological polar surface area (TPSA) is 56.7 Å². The molecule has 1 aliphatic carbocycles. The fourth-order valence-electron chi connectivity index (χ4n) is 10.9. The maximum atomic E-state index is 7.24. The van der Waals surface area contributed by atoms with Gasteiger partial charge in [-0.15, -0.1) is 10.9 Å². The molecule has 1 aliphatic rings. The summed E-state index contributed by atoms with van der Waals surface area (Å²) in [5.41, 5.74) is 26.0. The molecule has 0 aliphatic heterocycles. The van der Waals surface area contributed by atoms with Crippen LogP contribution in [0.3, 0.4) is 0 Å². The van der Waals surface area contributed by atoms with E-state index in [-0.39, 0.29) is 5.41 Å². The van der Waals surface area contributed by atoms with Gasteiger partial charge in [-0.25, -0.2) is 15.0 Å². The Balaban J connectivity index is 1.20. The second-order valence-corrected chi connectivity index (χ2v) is 18.7. The van der Waals surface area contributed by atoms with Crippen LogP contribution in [0.25, 0.3) is 94.7 Å². The zero-order valence-electron chi connectivity index (χ0n) is 38.4. The van der Waals surface area contributed by atoms with E-state index in [1.807, 2.05) is 18.2 Å². The standard InChI is InChI=1S/C48H42B10N4O/c1-48(2)25-14-7-6-13-23(25)24-16-15-21(18-26(24)48)47-60-45(19-9-4-3-5-10-19)59-46(61-47)20-11-8-12-22(17-20)62-41-27(32(50)35(53)37(55)39(41)57)28-31(49)33(51)30-29-34(52)36(54)38(56)40(58)43(29)63-44(30)42(28)62/h3-18H,49-58H2,1-2H3. The minimum absolute atomic E-state index is 0.152. The molecule has 10 aromatic rings. The van der Waals surface area contributed by atoms with Crippen LogP contribution >= 0.6 is 0 Å². The van der Waals surface area contributed by atoms with Gasteiger partial charge in [0.05, 0.1) is 5.52 Å². The molecule has 0 fully saturated rings. The maximum Gasteiger partial charge on any atom is 0.164 e. The third-order valence-corrected chi connectivity index (χ3v) is 15.3. The Bertz CT molecular complexity index is 3670. The first-order valence-electron chi connectivity index (χ1n) is 22.2. The van der Waals surface area contributed by atoms with Crippen LogP contribution in [0.1, 0.15) is 25.0 Å². The highest BCUT2D eigenvalue weighted by atomic mass is 16.3. The predicted molar refractivity (Wildman–Crippen MR) is 297 cm³/mol. The van der Waals surface area contributed by atoms with Crippen LogP contribution in [0.5, 0.6) is 0 Å². The third kappa shape index (κ3) is 5.47. The normalized spacial score (nSPS) is 13.0. The first-order chi connectivity index (χ1) is 30.2. The van der Waals surface area contributed by atoms with Crippen molar-refractivity contribution in [2.24, 2.45) is 0 Å². The van der Waals surface area contributed by atoms with E-state index in [1.54, 1.807) is 0 Å². The number of nitrogens with zero attached hydrogens (tertiary/aromatic N) is 4. The monoisotopic (exact) mass is 800 g/mol. The van der Waals surface area contributed by atoms with Gasteiger partial charge in [-0.3, -0.25) is 0 Å². The number of benzene rings is 7. The predicted octanol–water partition coefficient (Wildman–Crippen LogP) is -5.24. The average Bonchev–Trinajstić information content (AvgIpc) is 3.95. The van der Waals surface area contributed by atoms with E-state index in [9.17, 15) is 0 Å². The van der Waals surface area contributed by atoms with Crippen molar-refractivity contribution in [1.82, 2.24) is 19.5 Å². The summed E-state index contributed by atoms with van der Waals surface area (Å²) in [4.78, 5) is 15.7. The van der Waals surface area contributed by atoms with Crippen molar-refractivity contribution in [3.8, 4) is 51.0 Å².